The van der Waals surface area contributed by atoms with Crippen LogP contribution in [-0.4, -0.2) is 7.11 Å². The molecule has 0 saturated heterocycles. The van der Waals surface area contributed by atoms with E-state index in [-0.39, 0.29) is 0 Å². The first kappa shape index (κ1) is 12.4. The van der Waals surface area contributed by atoms with Gasteiger partial charge in [0.25, 0.3) is 0 Å². The third-order valence-corrected chi connectivity index (χ3v) is 2.88. The van der Waals surface area contributed by atoms with Gasteiger partial charge in [-0.3, -0.25) is 0 Å². The van der Waals surface area contributed by atoms with Crippen LogP contribution in [0.25, 0.3) is 12.2 Å². The maximum absolute atomic E-state index is 5.31. The molecule has 18 heavy (non-hydrogen) atoms. The predicted octanol–water partition coefficient (Wildman–Crippen LogP) is 3.17. The fraction of sp³-hybridized carbons (Fsp3) is 0.188. The Kier molecular flexibility index (Phi) is 4.13. The van der Waals surface area contributed by atoms with Crippen molar-refractivity contribution in [2.75, 3.05) is 7.11 Å². The standard InChI is InChI=1S/C16H18NO/c1-3-17-12-10-14(11-13-17)8-9-15-6-4-5-7-16(15)18-2/h4-13H,3H2,1-2H3/q+1/b9-8+. The molecule has 1 aromatic heterocycles. The van der Waals surface area contributed by atoms with E-state index in [1.54, 1.807) is 7.11 Å². The number of hydrogen-bond acceptors (Lipinski definition) is 1. The summed E-state index contributed by atoms with van der Waals surface area (Å²) in [4.78, 5) is 0. The number of aromatic nitrogens is 1. The highest BCUT2D eigenvalue weighted by Gasteiger charge is 1.98. The summed E-state index contributed by atoms with van der Waals surface area (Å²) in [6.45, 7) is 3.13. The first-order valence-corrected chi connectivity index (χ1v) is 6.13. The van der Waals surface area contributed by atoms with Crippen molar-refractivity contribution in [1.29, 1.82) is 0 Å². The largest absolute Gasteiger partial charge is 0.496 e. The number of hydrogen-bond donors (Lipinski definition) is 0. The molecule has 2 aromatic rings. The summed E-state index contributed by atoms with van der Waals surface area (Å²) >= 11 is 0. The van der Waals surface area contributed by atoms with Gasteiger partial charge in [0, 0.05) is 17.7 Å². The Labute approximate surface area is 108 Å². The molecule has 2 rings (SSSR count). The molecule has 0 spiro atoms. The zero-order chi connectivity index (χ0) is 12.8. The molecule has 0 radical (unpaired) electrons. The molecule has 0 atom stereocenters. The van der Waals surface area contributed by atoms with Crippen LogP contribution in [0.3, 0.4) is 0 Å². The average Bonchev–Trinajstić information content (AvgIpc) is 2.46. The highest BCUT2D eigenvalue weighted by Crippen LogP contribution is 2.19. The molecular formula is C16H18NO+. The first-order chi connectivity index (χ1) is 8.83. The van der Waals surface area contributed by atoms with Crippen molar-refractivity contribution in [2.24, 2.45) is 0 Å². The molecular weight excluding hydrogens is 222 g/mol. The molecule has 0 aliphatic carbocycles. The monoisotopic (exact) mass is 240 g/mol. The van der Waals surface area contributed by atoms with E-state index in [1.165, 1.54) is 5.56 Å². The second-order valence-electron chi connectivity index (χ2n) is 4.04. The maximum atomic E-state index is 5.31. The van der Waals surface area contributed by atoms with Crippen molar-refractivity contribution in [3.63, 3.8) is 0 Å². The highest BCUT2D eigenvalue weighted by atomic mass is 16.5. The lowest BCUT2D eigenvalue weighted by Gasteiger charge is -2.03. The van der Waals surface area contributed by atoms with E-state index in [4.69, 9.17) is 4.74 Å². The predicted molar refractivity (Wildman–Crippen MR) is 74.2 cm³/mol. The molecule has 0 aliphatic rings. The molecule has 0 unspecified atom stereocenters. The summed E-state index contributed by atoms with van der Waals surface area (Å²) in [6, 6.07) is 12.2. The van der Waals surface area contributed by atoms with Crippen LogP contribution < -0.4 is 9.30 Å². The quantitative estimate of drug-likeness (QED) is 0.748. The normalized spacial score (nSPS) is 10.8. The number of rotatable bonds is 4. The zero-order valence-electron chi connectivity index (χ0n) is 10.8. The molecule has 2 nitrogen and oxygen atoms in total. The van der Waals surface area contributed by atoms with Gasteiger partial charge >= 0.3 is 0 Å². The SMILES string of the molecule is CC[n+]1ccc(/C=C/c2ccccc2OC)cc1. The molecule has 2 heteroatoms. The Morgan fingerprint density at radius 2 is 1.78 bits per heavy atom. The fourth-order valence-electron chi connectivity index (χ4n) is 1.78. The van der Waals surface area contributed by atoms with Crippen molar-refractivity contribution in [2.45, 2.75) is 13.5 Å². The molecule has 1 heterocycles. The molecule has 0 fully saturated rings. The summed E-state index contributed by atoms with van der Waals surface area (Å²) in [5, 5.41) is 0. The van der Waals surface area contributed by atoms with E-state index in [2.05, 4.69) is 48.2 Å². The van der Waals surface area contributed by atoms with Crippen LogP contribution in [0.5, 0.6) is 5.75 Å². The van der Waals surface area contributed by atoms with Crippen molar-refractivity contribution in [3.8, 4) is 5.75 Å². The molecule has 0 amide bonds. The minimum atomic E-state index is 0.897. The second-order valence-corrected chi connectivity index (χ2v) is 4.04. The van der Waals surface area contributed by atoms with Gasteiger partial charge in [-0.25, -0.2) is 4.57 Å². The Hall–Kier alpha value is -2.09. The van der Waals surface area contributed by atoms with Crippen LogP contribution in [0, 0.1) is 0 Å². The van der Waals surface area contributed by atoms with Gasteiger partial charge in [-0.05, 0) is 18.6 Å². The minimum Gasteiger partial charge on any atom is -0.496 e. The lowest BCUT2D eigenvalue weighted by atomic mass is 10.1. The topological polar surface area (TPSA) is 13.1 Å². The zero-order valence-corrected chi connectivity index (χ0v) is 10.8. The maximum Gasteiger partial charge on any atom is 0.169 e. The number of para-hydroxylation sites is 1. The molecule has 0 N–H and O–H groups in total. The lowest BCUT2D eigenvalue weighted by molar-refractivity contribution is -0.693. The summed E-state index contributed by atoms with van der Waals surface area (Å²) in [7, 11) is 1.69. The van der Waals surface area contributed by atoms with E-state index in [0.29, 0.717) is 0 Å². The van der Waals surface area contributed by atoms with E-state index >= 15 is 0 Å². The van der Waals surface area contributed by atoms with E-state index in [9.17, 15) is 0 Å². The van der Waals surface area contributed by atoms with Crippen LogP contribution in [0.1, 0.15) is 18.1 Å². The summed E-state index contributed by atoms with van der Waals surface area (Å²) in [6.07, 6.45) is 8.34. The van der Waals surface area contributed by atoms with Crippen LogP contribution in [0.15, 0.2) is 48.8 Å². The number of aryl methyl sites for hydroxylation is 1. The number of nitrogens with zero attached hydrogens (tertiary/aromatic N) is 1. The van der Waals surface area contributed by atoms with Gasteiger partial charge < -0.3 is 4.74 Å². The molecule has 92 valence electrons. The van der Waals surface area contributed by atoms with Gasteiger partial charge in [0.05, 0.1) is 7.11 Å². The molecule has 0 saturated carbocycles. The third-order valence-electron chi connectivity index (χ3n) is 2.88. The Balaban J connectivity index is 2.19. The van der Waals surface area contributed by atoms with Gasteiger partial charge in [0.15, 0.2) is 12.4 Å². The number of ether oxygens (including phenoxy) is 1. The Morgan fingerprint density at radius 3 is 2.44 bits per heavy atom. The second kappa shape index (κ2) is 6.01. The molecule has 1 aromatic carbocycles. The average molecular weight is 240 g/mol. The fourth-order valence-corrected chi connectivity index (χ4v) is 1.78. The Bertz CT molecular complexity index is 529. The van der Waals surface area contributed by atoms with Crippen LogP contribution in [0.2, 0.25) is 0 Å². The summed E-state index contributed by atoms with van der Waals surface area (Å²) < 4.78 is 7.45. The van der Waals surface area contributed by atoms with Crippen LogP contribution >= 0.6 is 0 Å². The van der Waals surface area contributed by atoms with Crippen molar-refractivity contribution in [1.82, 2.24) is 0 Å². The summed E-state index contributed by atoms with van der Waals surface area (Å²) in [5.41, 5.74) is 2.28. The van der Waals surface area contributed by atoms with E-state index in [0.717, 1.165) is 17.9 Å². The third kappa shape index (κ3) is 2.98. The number of pyridine rings is 1. The van der Waals surface area contributed by atoms with Gasteiger partial charge in [-0.2, -0.15) is 0 Å². The number of methoxy groups -OCH3 is 1. The highest BCUT2D eigenvalue weighted by molar-refractivity contribution is 5.72. The minimum absolute atomic E-state index is 0.897. The first-order valence-electron chi connectivity index (χ1n) is 6.13. The number of benzene rings is 1. The van der Waals surface area contributed by atoms with Crippen molar-refractivity contribution < 1.29 is 9.30 Å². The lowest BCUT2D eigenvalue weighted by Crippen LogP contribution is -2.30. The van der Waals surface area contributed by atoms with Crippen LogP contribution in [0.4, 0.5) is 0 Å². The van der Waals surface area contributed by atoms with Gasteiger partial charge in [0.1, 0.15) is 12.3 Å². The van der Waals surface area contributed by atoms with Crippen molar-refractivity contribution in [3.05, 3.63) is 59.9 Å². The summed E-state index contributed by atoms with van der Waals surface area (Å²) in [5.74, 6) is 0.897. The van der Waals surface area contributed by atoms with Gasteiger partial charge in [-0.15, -0.1) is 0 Å². The molecule has 0 aliphatic heterocycles. The van der Waals surface area contributed by atoms with E-state index < -0.39 is 0 Å². The Morgan fingerprint density at radius 1 is 1.06 bits per heavy atom. The van der Waals surface area contributed by atoms with Gasteiger partial charge in [-0.1, -0.05) is 30.4 Å². The van der Waals surface area contributed by atoms with E-state index in [1.807, 2.05) is 24.3 Å². The molecule has 0 bridgehead atoms. The smallest absolute Gasteiger partial charge is 0.169 e. The van der Waals surface area contributed by atoms with Gasteiger partial charge in [0.2, 0.25) is 0 Å². The van der Waals surface area contributed by atoms with Crippen LogP contribution in [-0.2, 0) is 6.54 Å². The van der Waals surface area contributed by atoms with Crippen molar-refractivity contribution >= 4 is 12.2 Å².